The molecule has 0 aliphatic heterocycles. The van der Waals surface area contributed by atoms with Gasteiger partial charge in [-0.05, 0) is 24.1 Å². The van der Waals surface area contributed by atoms with E-state index >= 15 is 0 Å². The first-order valence-electron chi connectivity index (χ1n) is 5.87. The Morgan fingerprint density at radius 3 is 2.61 bits per heavy atom. The first kappa shape index (κ1) is 13.0. The highest BCUT2D eigenvalue weighted by Crippen LogP contribution is 2.26. The van der Waals surface area contributed by atoms with Crippen LogP contribution in [0.1, 0.15) is 11.6 Å². The summed E-state index contributed by atoms with van der Waals surface area (Å²) in [5, 5.41) is 5.51. The van der Waals surface area contributed by atoms with E-state index in [0.717, 1.165) is 16.3 Å². The lowest BCUT2D eigenvalue weighted by Crippen LogP contribution is -2.32. The van der Waals surface area contributed by atoms with Gasteiger partial charge in [0.15, 0.2) is 6.29 Å². The minimum absolute atomic E-state index is 0.0221. The van der Waals surface area contributed by atoms with E-state index in [1.54, 1.807) is 20.4 Å². The molecule has 0 amide bonds. The summed E-state index contributed by atoms with van der Waals surface area (Å²) in [7, 11) is 5.19. The van der Waals surface area contributed by atoms with Crippen LogP contribution in [0.2, 0.25) is 0 Å². The van der Waals surface area contributed by atoms with E-state index in [0.29, 0.717) is 0 Å². The van der Waals surface area contributed by atoms with Crippen molar-refractivity contribution >= 4 is 10.8 Å². The van der Waals surface area contributed by atoms with Gasteiger partial charge in [-0.25, -0.2) is 0 Å². The number of methoxy groups -OCH3 is 2. The number of benzene rings is 1. The van der Waals surface area contributed by atoms with E-state index in [2.05, 4.69) is 16.4 Å². The van der Waals surface area contributed by atoms with E-state index < -0.39 is 0 Å². The van der Waals surface area contributed by atoms with Crippen LogP contribution in [0.15, 0.2) is 36.7 Å². The van der Waals surface area contributed by atoms with Crippen LogP contribution in [-0.4, -0.2) is 32.5 Å². The minimum atomic E-state index is -0.325. The fourth-order valence-corrected chi connectivity index (χ4v) is 2.23. The summed E-state index contributed by atoms with van der Waals surface area (Å²) in [6.45, 7) is 0. The van der Waals surface area contributed by atoms with Gasteiger partial charge in [-0.2, -0.15) is 0 Å². The van der Waals surface area contributed by atoms with Crippen LogP contribution in [0, 0.1) is 0 Å². The summed E-state index contributed by atoms with van der Waals surface area (Å²) < 4.78 is 10.7. The second-order valence-electron chi connectivity index (χ2n) is 4.05. The van der Waals surface area contributed by atoms with Crippen molar-refractivity contribution in [3.8, 4) is 0 Å². The smallest absolute Gasteiger partial charge is 0.176 e. The molecule has 1 heterocycles. The topological polar surface area (TPSA) is 43.4 Å². The molecule has 2 aromatic rings. The van der Waals surface area contributed by atoms with Gasteiger partial charge < -0.3 is 14.8 Å². The number of nitrogens with one attached hydrogen (secondary N) is 1. The third-order valence-electron chi connectivity index (χ3n) is 3.10. The molecule has 4 heteroatoms. The Hall–Kier alpha value is -1.49. The second kappa shape index (κ2) is 5.91. The number of fused-ring (bicyclic) bond motifs is 1. The van der Waals surface area contributed by atoms with E-state index in [9.17, 15) is 0 Å². The molecule has 1 atom stereocenters. The molecular weight excluding hydrogens is 228 g/mol. The van der Waals surface area contributed by atoms with Gasteiger partial charge in [-0.1, -0.05) is 18.2 Å². The Labute approximate surface area is 107 Å². The predicted molar refractivity (Wildman–Crippen MR) is 71.3 cm³/mol. The Kier molecular flexibility index (Phi) is 4.25. The maximum Gasteiger partial charge on any atom is 0.176 e. The number of hydrogen-bond donors (Lipinski definition) is 1. The molecule has 1 aromatic heterocycles. The summed E-state index contributed by atoms with van der Waals surface area (Å²) in [5.41, 5.74) is 1.14. The van der Waals surface area contributed by atoms with Crippen molar-refractivity contribution in [3.63, 3.8) is 0 Å². The quantitative estimate of drug-likeness (QED) is 0.821. The van der Waals surface area contributed by atoms with Crippen LogP contribution < -0.4 is 5.32 Å². The maximum atomic E-state index is 5.36. The van der Waals surface area contributed by atoms with Gasteiger partial charge in [0, 0.05) is 32.0 Å². The van der Waals surface area contributed by atoms with Crippen LogP contribution in [-0.2, 0) is 9.47 Å². The van der Waals surface area contributed by atoms with E-state index in [1.165, 1.54) is 0 Å². The normalized spacial score (nSPS) is 13.1. The maximum absolute atomic E-state index is 5.36. The molecule has 1 unspecified atom stereocenters. The minimum Gasteiger partial charge on any atom is -0.354 e. The molecule has 0 saturated carbocycles. The molecule has 0 aliphatic carbocycles. The molecule has 1 aromatic carbocycles. The fraction of sp³-hybridized carbons (Fsp3) is 0.357. The molecule has 1 N–H and O–H groups in total. The van der Waals surface area contributed by atoms with E-state index in [4.69, 9.17) is 9.47 Å². The first-order chi connectivity index (χ1) is 8.81. The summed E-state index contributed by atoms with van der Waals surface area (Å²) in [5.74, 6) is 0. The lowest BCUT2D eigenvalue weighted by Gasteiger charge is -2.25. The molecule has 0 fully saturated rings. The highest BCUT2D eigenvalue weighted by Gasteiger charge is 2.22. The summed E-state index contributed by atoms with van der Waals surface area (Å²) in [6.07, 6.45) is 3.33. The molecular formula is C14H18N2O2. The van der Waals surface area contributed by atoms with Crippen LogP contribution in [0.5, 0.6) is 0 Å². The van der Waals surface area contributed by atoms with Gasteiger partial charge in [0.1, 0.15) is 0 Å². The number of ether oxygens (including phenoxy) is 2. The van der Waals surface area contributed by atoms with Gasteiger partial charge in [0.25, 0.3) is 0 Å². The van der Waals surface area contributed by atoms with Crippen molar-refractivity contribution in [1.29, 1.82) is 0 Å². The van der Waals surface area contributed by atoms with Crippen molar-refractivity contribution in [2.24, 2.45) is 0 Å². The zero-order valence-electron chi connectivity index (χ0n) is 10.9. The highest BCUT2D eigenvalue weighted by atomic mass is 16.7. The number of rotatable bonds is 5. The third kappa shape index (κ3) is 2.36. The molecule has 0 bridgehead atoms. The number of hydrogen-bond acceptors (Lipinski definition) is 4. The van der Waals surface area contributed by atoms with Crippen molar-refractivity contribution in [3.05, 3.63) is 42.2 Å². The Morgan fingerprint density at radius 2 is 1.94 bits per heavy atom. The SMILES string of the molecule is CNC(c1cccc2cnccc12)C(OC)OC. The number of pyridine rings is 1. The number of aromatic nitrogens is 1. The molecule has 0 saturated heterocycles. The second-order valence-corrected chi connectivity index (χ2v) is 4.05. The number of nitrogens with zero attached hydrogens (tertiary/aromatic N) is 1. The van der Waals surface area contributed by atoms with Crippen molar-refractivity contribution < 1.29 is 9.47 Å². The van der Waals surface area contributed by atoms with Gasteiger partial charge in [-0.3, -0.25) is 4.98 Å². The summed E-state index contributed by atoms with van der Waals surface area (Å²) >= 11 is 0. The molecule has 96 valence electrons. The van der Waals surface area contributed by atoms with Crippen molar-refractivity contribution in [2.45, 2.75) is 12.3 Å². The molecule has 0 radical (unpaired) electrons. The van der Waals surface area contributed by atoms with E-state index in [1.807, 2.05) is 31.4 Å². The van der Waals surface area contributed by atoms with Crippen LogP contribution in [0.3, 0.4) is 0 Å². The number of likely N-dealkylation sites (N-methyl/N-ethyl adjacent to an activating group) is 1. The molecule has 4 nitrogen and oxygen atoms in total. The summed E-state index contributed by atoms with van der Waals surface area (Å²) in [6, 6.07) is 8.14. The fourth-order valence-electron chi connectivity index (χ4n) is 2.23. The lowest BCUT2D eigenvalue weighted by molar-refractivity contribution is -0.122. The Balaban J connectivity index is 2.51. The largest absolute Gasteiger partial charge is 0.354 e. The van der Waals surface area contributed by atoms with Crippen LogP contribution >= 0.6 is 0 Å². The van der Waals surface area contributed by atoms with Gasteiger partial charge >= 0.3 is 0 Å². The molecule has 18 heavy (non-hydrogen) atoms. The highest BCUT2D eigenvalue weighted by molar-refractivity contribution is 5.85. The van der Waals surface area contributed by atoms with Crippen LogP contribution in [0.25, 0.3) is 10.8 Å². The first-order valence-corrected chi connectivity index (χ1v) is 5.87. The van der Waals surface area contributed by atoms with Crippen LogP contribution in [0.4, 0.5) is 0 Å². The average Bonchev–Trinajstić information content (AvgIpc) is 2.44. The van der Waals surface area contributed by atoms with Gasteiger partial charge in [0.05, 0.1) is 6.04 Å². The molecule has 0 spiro atoms. The van der Waals surface area contributed by atoms with Gasteiger partial charge in [-0.15, -0.1) is 0 Å². The lowest BCUT2D eigenvalue weighted by atomic mass is 9.99. The molecule has 2 rings (SSSR count). The Morgan fingerprint density at radius 1 is 1.17 bits per heavy atom. The zero-order chi connectivity index (χ0) is 13.0. The summed E-state index contributed by atoms with van der Waals surface area (Å²) in [4.78, 5) is 4.14. The van der Waals surface area contributed by atoms with E-state index in [-0.39, 0.29) is 12.3 Å². The standard InChI is InChI=1S/C14H18N2O2/c1-15-13(14(17-2)18-3)12-6-4-5-10-9-16-8-7-11(10)12/h4-9,13-15H,1-3H3. The third-order valence-corrected chi connectivity index (χ3v) is 3.10. The average molecular weight is 246 g/mol. The Bertz CT molecular complexity index is 507. The van der Waals surface area contributed by atoms with Crippen molar-refractivity contribution in [2.75, 3.05) is 21.3 Å². The van der Waals surface area contributed by atoms with Crippen molar-refractivity contribution in [1.82, 2.24) is 10.3 Å². The molecule has 0 aliphatic rings. The zero-order valence-corrected chi connectivity index (χ0v) is 10.9. The van der Waals surface area contributed by atoms with Gasteiger partial charge in [0.2, 0.25) is 0 Å². The monoisotopic (exact) mass is 246 g/mol. The predicted octanol–water partition coefficient (Wildman–Crippen LogP) is 2.11.